The van der Waals surface area contributed by atoms with E-state index >= 15 is 0 Å². The zero-order chi connectivity index (χ0) is 13.4. The summed E-state index contributed by atoms with van der Waals surface area (Å²) >= 11 is 5.76. The lowest BCUT2D eigenvalue weighted by molar-refractivity contribution is 0.252. The van der Waals surface area contributed by atoms with E-state index in [0.29, 0.717) is 11.6 Å². The standard InChI is InChI=1S/C13H18ClN5/c1-7-2-4-8(5-3-7)10(15)12-17-9-6-16-13(14)19-11(9)18-12/h6-8,10H,2-5,15H2,1H3,(H,16,17,18,19). The first-order valence-electron chi connectivity index (χ1n) is 6.77. The Morgan fingerprint density at radius 1 is 1.32 bits per heavy atom. The molecule has 1 atom stereocenters. The molecule has 102 valence electrons. The number of aromatic amines is 1. The molecule has 1 fully saturated rings. The molecule has 3 N–H and O–H groups in total. The molecule has 0 radical (unpaired) electrons. The summed E-state index contributed by atoms with van der Waals surface area (Å²) in [5.41, 5.74) is 7.73. The van der Waals surface area contributed by atoms with Crippen LogP contribution in [-0.2, 0) is 0 Å². The Balaban J connectivity index is 1.83. The maximum atomic E-state index is 6.34. The van der Waals surface area contributed by atoms with E-state index < -0.39 is 0 Å². The number of aromatic nitrogens is 4. The van der Waals surface area contributed by atoms with E-state index in [1.165, 1.54) is 25.7 Å². The molecule has 5 nitrogen and oxygen atoms in total. The maximum absolute atomic E-state index is 6.34. The molecule has 0 bridgehead atoms. The second-order valence-corrected chi connectivity index (χ2v) is 5.88. The van der Waals surface area contributed by atoms with Crippen LogP contribution in [0.25, 0.3) is 11.2 Å². The number of H-pyrrole nitrogens is 1. The number of hydrogen-bond acceptors (Lipinski definition) is 4. The number of imidazole rings is 1. The van der Waals surface area contributed by atoms with Gasteiger partial charge >= 0.3 is 0 Å². The average Bonchev–Trinajstić information content (AvgIpc) is 2.81. The summed E-state index contributed by atoms with van der Waals surface area (Å²) < 4.78 is 0. The monoisotopic (exact) mass is 279 g/mol. The van der Waals surface area contributed by atoms with E-state index in [4.69, 9.17) is 17.3 Å². The fraction of sp³-hybridized carbons (Fsp3) is 0.615. The SMILES string of the molecule is CC1CCC(C(N)c2nc3nc(Cl)ncc3[nH]2)CC1. The second-order valence-electron chi connectivity index (χ2n) is 5.54. The Kier molecular flexibility index (Phi) is 3.41. The van der Waals surface area contributed by atoms with Gasteiger partial charge in [0, 0.05) is 0 Å². The summed E-state index contributed by atoms with van der Waals surface area (Å²) in [4.78, 5) is 15.7. The van der Waals surface area contributed by atoms with Crippen molar-refractivity contribution in [2.75, 3.05) is 0 Å². The predicted octanol–water partition coefficient (Wildman–Crippen LogP) is 2.83. The van der Waals surface area contributed by atoms with E-state index in [1.807, 2.05) is 0 Å². The van der Waals surface area contributed by atoms with Crippen molar-refractivity contribution in [3.05, 3.63) is 17.3 Å². The lowest BCUT2D eigenvalue weighted by Gasteiger charge is -2.29. The lowest BCUT2D eigenvalue weighted by atomic mass is 9.79. The molecule has 0 aromatic carbocycles. The average molecular weight is 280 g/mol. The molecule has 1 aliphatic rings. The van der Waals surface area contributed by atoms with Crippen LogP contribution in [0.1, 0.15) is 44.5 Å². The highest BCUT2D eigenvalue weighted by Crippen LogP contribution is 2.34. The number of nitrogens with one attached hydrogen (secondary N) is 1. The molecular weight excluding hydrogens is 262 g/mol. The highest BCUT2D eigenvalue weighted by molar-refractivity contribution is 6.28. The fourth-order valence-corrected chi connectivity index (χ4v) is 2.96. The van der Waals surface area contributed by atoms with Crippen molar-refractivity contribution in [3.63, 3.8) is 0 Å². The molecule has 0 spiro atoms. The van der Waals surface area contributed by atoms with Gasteiger partial charge in [-0.05, 0) is 36.3 Å². The van der Waals surface area contributed by atoms with Gasteiger partial charge in [0.1, 0.15) is 11.3 Å². The van der Waals surface area contributed by atoms with E-state index in [-0.39, 0.29) is 11.3 Å². The van der Waals surface area contributed by atoms with E-state index in [9.17, 15) is 0 Å². The topological polar surface area (TPSA) is 80.5 Å². The van der Waals surface area contributed by atoms with Crippen molar-refractivity contribution in [2.24, 2.45) is 17.6 Å². The normalized spacial score (nSPS) is 25.6. The van der Waals surface area contributed by atoms with E-state index in [1.54, 1.807) is 6.20 Å². The minimum atomic E-state index is -0.0551. The third-order valence-corrected chi connectivity index (χ3v) is 4.29. The van der Waals surface area contributed by atoms with Gasteiger partial charge in [0.15, 0.2) is 5.65 Å². The molecule has 1 saturated carbocycles. The van der Waals surface area contributed by atoms with Gasteiger partial charge in [-0.25, -0.2) is 9.97 Å². The van der Waals surface area contributed by atoms with Crippen LogP contribution in [0.15, 0.2) is 6.20 Å². The van der Waals surface area contributed by atoms with Gasteiger partial charge in [-0.3, -0.25) is 0 Å². The highest BCUT2D eigenvalue weighted by Gasteiger charge is 2.26. The molecule has 0 amide bonds. The van der Waals surface area contributed by atoms with E-state index in [2.05, 4.69) is 26.9 Å². The van der Waals surface area contributed by atoms with Crippen molar-refractivity contribution in [1.29, 1.82) is 0 Å². The second kappa shape index (κ2) is 5.06. The first-order valence-corrected chi connectivity index (χ1v) is 7.15. The van der Waals surface area contributed by atoms with Gasteiger partial charge in [-0.15, -0.1) is 0 Å². The first-order chi connectivity index (χ1) is 9.13. The van der Waals surface area contributed by atoms with Gasteiger partial charge in [0.25, 0.3) is 0 Å². The van der Waals surface area contributed by atoms with Crippen molar-refractivity contribution in [3.8, 4) is 0 Å². The van der Waals surface area contributed by atoms with Gasteiger partial charge in [-0.2, -0.15) is 4.98 Å². The molecule has 1 aliphatic carbocycles. The van der Waals surface area contributed by atoms with Crippen molar-refractivity contribution >= 4 is 22.8 Å². The summed E-state index contributed by atoms with van der Waals surface area (Å²) in [6, 6.07) is -0.0551. The minimum Gasteiger partial charge on any atom is -0.338 e. The molecule has 0 saturated heterocycles. The van der Waals surface area contributed by atoms with Gasteiger partial charge in [-0.1, -0.05) is 19.8 Å². The summed E-state index contributed by atoms with van der Waals surface area (Å²) in [5.74, 6) is 2.12. The molecule has 2 aromatic rings. The van der Waals surface area contributed by atoms with Crippen molar-refractivity contribution < 1.29 is 0 Å². The molecule has 0 aliphatic heterocycles. The molecule has 1 unspecified atom stereocenters. The summed E-state index contributed by atoms with van der Waals surface area (Å²) in [5, 5.41) is 0.214. The Morgan fingerprint density at radius 2 is 2.05 bits per heavy atom. The molecule has 3 rings (SSSR count). The number of fused-ring (bicyclic) bond motifs is 1. The Labute approximate surface area is 117 Å². The summed E-state index contributed by atoms with van der Waals surface area (Å²) in [6.07, 6.45) is 6.50. The Morgan fingerprint density at radius 3 is 2.79 bits per heavy atom. The van der Waals surface area contributed by atoms with Gasteiger partial charge < -0.3 is 10.7 Å². The van der Waals surface area contributed by atoms with Crippen molar-refractivity contribution in [2.45, 2.75) is 38.6 Å². The van der Waals surface area contributed by atoms with Crippen LogP contribution >= 0.6 is 11.6 Å². The minimum absolute atomic E-state index is 0.0551. The fourth-order valence-electron chi connectivity index (χ4n) is 2.83. The molecule has 2 heterocycles. The molecule has 6 heteroatoms. The number of rotatable bonds is 2. The predicted molar refractivity (Wildman–Crippen MR) is 74.7 cm³/mol. The third kappa shape index (κ3) is 2.58. The summed E-state index contributed by atoms with van der Waals surface area (Å²) in [7, 11) is 0. The Hall–Kier alpha value is -1.20. The largest absolute Gasteiger partial charge is 0.338 e. The van der Waals surface area contributed by atoms with Crippen LogP contribution in [0, 0.1) is 11.8 Å². The summed E-state index contributed by atoms with van der Waals surface area (Å²) in [6.45, 7) is 2.31. The first kappa shape index (κ1) is 12.8. The van der Waals surface area contributed by atoms with Crippen molar-refractivity contribution in [1.82, 2.24) is 19.9 Å². The number of nitrogens with two attached hydrogens (primary N) is 1. The number of halogens is 1. The van der Waals surface area contributed by atoms with Crippen LogP contribution in [-0.4, -0.2) is 19.9 Å². The number of nitrogens with zero attached hydrogens (tertiary/aromatic N) is 3. The quantitative estimate of drug-likeness (QED) is 0.829. The van der Waals surface area contributed by atoms with Gasteiger partial charge in [0.2, 0.25) is 5.28 Å². The van der Waals surface area contributed by atoms with Crippen LogP contribution in [0.4, 0.5) is 0 Å². The van der Waals surface area contributed by atoms with E-state index in [0.717, 1.165) is 17.3 Å². The van der Waals surface area contributed by atoms with Crippen LogP contribution in [0.5, 0.6) is 0 Å². The number of hydrogen-bond donors (Lipinski definition) is 2. The highest BCUT2D eigenvalue weighted by atomic mass is 35.5. The van der Waals surface area contributed by atoms with Crippen LogP contribution in [0.2, 0.25) is 5.28 Å². The molecular formula is C13H18ClN5. The molecule has 2 aromatic heterocycles. The molecule has 19 heavy (non-hydrogen) atoms. The van der Waals surface area contributed by atoms with Gasteiger partial charge in [0.05, 0.1) is 12.2 Å². The zero-order valence-corrected chi connectivity index (χ0v) is 11.7. The third-order valence-electron chi connectivity index (χ3n) is 4.11. The maximum Gasteiger partial charge on any atom is 0.224 e. The van der Waals surface area contributed by atoms with Crippen LogP contribution in [0.3, 0.4) is 0 Å². The Bertz CT molecular complexity index is 573. The lowest BCUT2D eigenvalue weighted by Crippen LogP contribution is -2.26. The van der Waals surface area contributed by atoms with Crippen LogP contribution < -0.4 is 5.73 Å². The zero-order valence-electron chi connectivity index (χ0n) is 10.9. The smallest absolute Gasteiger partial charge is 0.224 e.